The number of hydrogen-bond acceptors (Lipinski definition) is 3. The average Bonchev–Trinajstić information content (AvgIpc) is 2.89. The van der Waals surface area contributed by atoms with Gasteiger partial charge in [-0.2, -0.15) is 0 Å². The summed E-state index contributed by atoms with van der Waals surface area (Å²) in [6.07, 6.45) is 3.84. The number of thiophene rings is 2. The van der Waals surface area contributed by atoms with Crippen LogP contribution in [0.4, 0.5) is 0 Å². The van der Waals surface area contributed by atoms with E-state index in [1.807, 2.05) is 11.3 Å². The predicted octanol–water partition coefficient (Wildman–Crippen LogP) is 3.65. The lowest BCUT2D eigenvalue weighted by Crippen LogP contribution is -2.08. The molecule has 2 heterocycles. The highest BCUT2D eigenvalue weighted by atomic mass is 32.1. The number of fused-ring (bicyclic) bond motifs is 1. The van der Waals surface area contributed by atoms with Gasteiger partial charge in [-0.05, 0) is 54.8 Å². The van der Waals surface area contributed by atoms with Crippen LogP contribution in [0, 0.1) is 6.92 Å². The van der Waals surface area contributed by atoms with E-state index in [1.165, 1.54) is 34.6 Å². The summed E-state index contributed by atoms with van der Waals surface area (Å²) in [5, 5.41) is 2.19. The van der Waals surface area contributed by atoms with Gasteiger partial charge in [0, 0.05) is 14.6 Å². The lowest BCUT2D eigenvalue weighted by atomic mass is 10.1. The number of rotatable bonds is 2. The zero-order chi connectivity index (χ0) is 11.1. The molecule has 2 aromatic heterocycles. The Morgan fingerprint density at radius 2 is 2.19 bits per heavy atom. The lowest BCUT2D eigenvalue weighted by molar-refractivity contribution is 0.885. The van der Waals surface area contributed by atoms with Crippen LogP contribution >= 0.6 is 22.7 Å². The van der Waals surface area contributed by atoms with Crippen LogP contribution < -0.4 is 5.73 Å². The molecule has 84 valence electrons. The number of nitrogens with two attached hydrogens (primary N) is 1. The molecule has 16 heavy (non-hydrogen) atoms. The second-order valence-corrected chi connectivity index (χ2v) is 6.70. The van der Waals surface area contributed by atoms with E-state index in [9.17, 15) is 0 Å². The third-order valence-electron chi connectivity index (χ3n) is 3.18. The Morgan fingerprint density at radius 1 is 1.31 bits per heavy atom. The summed E-state index contributed by atoms with van der Waals surface area (Å²) in [7, 11) is 0. The van der Waals surface area contributed by atoms with Crippen molar-refractivity contribution in [3.63, 3.8) is 0 Å². The molecule has 1 nitrogen and oxygen atoms in total. The molecule has 2 aromatic rings. The topological polar surface area (TPSA) is 26.0 Å². The standard InChI is InChI=1S/C13H15NS2/c1-8-5-10(7-15-8)13(14)12-6-9-3-2-4-11(9)16-12/h5-7,13H,2-4,14H2,1H3. The highest BCUT2D eigenvalue weighted by Crippen LogP contribution is 2.35. The van der Waals surface area contributed by atoms with E-state index in [4.69, 9.17) is 5.73 Å². The van der Waals surface area contributed by atoms with Gasteiger partial charge in [-0.3, -0.25) is 0 Å². The first kappa shape index (κ1) is 10.5. The summed E-state index contributed by atoms with van der Waals surface area (Å²) in [4.78, 5) is 4.24. The Kier molecular flexibility index (Phi) is 2.62. The molecule has 0 saturated heterocycles. The molecule has 3 rings (SSSR count). The first-order chi connectivity index (χ1) is 7.74. The van der Waals surface area contributed by atoms with Crippen molar-refractivity contribution in [3.05, 3.63) is 43.3 Å². The largest absolute Gasteiger partial charge is 0.320 e. The zero-order valence-corrected chi connectivity index (χ0v) is 11.0. The van der Waals surface area contributed by atoms with Crippen molar-refractivity contribution >= 4 is 22.7 Å². The molecule has 1 aliphatic rings. The van der Waals surface area contributed by atoms with E-state index in [0.717, 1.165) is 0 Å². The molecule has 0 amide bonds. The predicted molar refractivity (Wildman–Crippen MR) is 71.4 cm³/mol. The molecule has 0 saturated carbocycles. The molecule has 3 heteroatoms. The Bertz CT molecular complexity index is 488. The monoisotopic (exact) mass is 249 g/mol. The van der Waals surface area contributed by atoms with Gasteiger partial charge in [0.2, 0.25) is 0 Å². The Hall–Kier alpha value is -0.640. The maximum atomic E-state index is 6.31. The van der Waals surface area contributed by atoms with Crippen molar-refractivity contribution in [3.8, 4) is 0 Å². The van der Waals surface area contributed by atoms with Gasteiger partial charge in [0.1, 0.15) is 0 Å². The second-order valence-electron chi connectivity index (χ2n) is 4.42. The molecule has 0 radical (unpaired) electrons. The molecule has 1 atom stereocenters. The van der Waals surface area contributed by atoms with Crippen LogP contribution in [0.5, 0.6) is 0 Å². The highest BCUT2D eigenvalue weighted by Gasteiger charge is 2.19. The third-order valence-corrected chi connectivity index (χ3v) is 5.38. The van der Waals surface area contributed by atoms with E-state index in [-0.39, 0.29) is 6.04 Å². The minimum atomic E-state index is 0.0838. The third kappa shape index (κ3) is 1.73. The van der Waals surface area contributed by atoms with Crippen molar-refractivity contribution in [1.29, 1.82) is 0 Å². The Labute approximate surface area is 104 Å². The second kappa shape index (κ2) is 3.99. The van der Waals surface area contributed by atoms with E-state index in [0.29, 0.717) is 0 Å². The van der Waals surface area contributed by atoms with E-state index in [1.54, 1.807) is 21.8 Å². The smallest absolute Gasteiger partial charge is 0.0654 e. The van der Waals surface area contributed by atoms with Gasteiger partial charge in [-0.1, -0.05) is 0 Å². The zero-order valence-electron chi connectivity index (χ0n) is 9.32. The Morgan fingerprint density at radius 3 is 2.88 bits per heavy atom. The van der Waals surface area contributed by atoms with Gasteiger partial charge in [-0.25, -0.2) is 0 Å². The van der Waals surface area contributed by atoms with Gasteiger partial charge in [-0.15, -0.1) is 22.7 Å². The molecule has 0 fully saturated rings. The molecular weight excluding hydrogens is 234 g/mol. The molecule has 1 aliphatic carbocycles. The SMILES string of the molecule is Cc1cc(C(N)c2cc3c(s2)CCC3)cs1. The van der Waals surface area contributed by atoms with Crippen LogP contribution in [0.15, 0.2) is 17.5 Å². The van der Waals surface area contributed by atoms with Crippen molar-refractivity contribution in [2.75, 3.05) is 0 Å². The average molecular weight is 249 g/mol. The molecular formula is C13H15NS2. The summed E-state index contributed by atoms with van der Waals surface area (Å²) in [6.45, 7) is 2.13. The van der Waals surface area contributed by atoms with Gasteiger partial charge in [0.05, 0.1) is 6.04 Å². The molecule has 0 aromatic carbocycles. The molecule has 0 bridgehead atoms. The fourth-order valence-electron chi connectivity index (χ4n) is 2.30. The Balaban J connectivity index is 1.91. The first-order valence-electron chi connectivity index (χ1n) is 5.66. The molecule has 0 aliphatic heterocycles. The van der Waals surface area contributed by atoms with Gasteiger partial charge < -0.3 is 5.73 Å². The minimum Gasteiger partial charge on any atom is -0.320 e. The number of hydrogen-bond donors (Lipinski definition) is 1. The van der Waals surface area contributed by atoms with Crippen LogP contribution in [-0.4, -0.2) is 0 Å². The maximum Gasteiger partial charge on any atom is 0.0654 e. The minimum absolute atomic E-state index is 0.0838. The van der Waals surface area contributed by atoms with E-state index < -0.39 is 0 Å². The van der Waals surface area contributed by atoms with Crippen LogP contribution in [0.25, 0.3) is 0 Å². The van der Waals surface area contributed by atoms with Gasteiger partial charge in [0.15, 0.2) is 0 Å². The summed E-state index contributed by atoms with van der Waals surface area (Å²) >= 11 is 3.70. The van der Waals surface area contributed by atoms with Crippen molar-refractivity contribution < 1.29 is 0 Å². The van der Waals surface area contributed by atoms with Crippen LogP contribution in [0.2, 0.25) is 0 Å². The number of aryl methyl sites for hydroxylation is 3. The van der Waals surface area contributed by atoms with Crippen LogP contribution in [-0.2, 0) is 12.8 Å². The summed E-state index contributed by atoms with van der Waals surface area (Å²) in [5.41, 5.74) is 9.12. The first-order valence-corrected chi connectivity index (χ1v) is 7.36. The highest BCUT2D eigenvalue weighted by molar-refractivity contribution is 7.12. The van der Waals surface area contributed by atoms with E-state index in [2.05, 4.69) is 24.4 Å². The van der Waals surface area contributed by atoms with Crippen LogP contribution in [0.1, 0.15) is 38.2 Å². The summed E-state index contributed by atoms with van der Waals surface area (Å²) in [5.74, 6) is 0. The molecule has 1 unspecified atom stereocenters. The summed E-state index contributed by atoms with van der Waals surface area (Å²) < 4.78 is 0. The van der Waals surface area contributed by atoms with Crippen molar-refractivity contribution in [2.45, 2.75) is 32.2 Å². The molecule has 0 spiro atoms. The molecule has 2 N–H and O–H groups in total. The normalized spacial score (nSPS) is 16.4. The van der Waals surface area contributed by atoms with Crippen LogP contribution in [0.3, 0.4) is 0 Å². The quantitative estimate of drug-likeness (QED) is 0.863. The van der Waals surface area contributed by atoms with E-state index >= 15 is 0 Å². The van der Waals surface area contributed by atoms with Gasteiger partial charge in [0.25, 0.3) is 0 Å². The maximum absolute atomic E-state index is 6.31. The fourth-order valence-corrected chi connectivity index (χ4v) is 4.32. The summed E-state index contributed by atoms with van der Waals surface area (Å²) in [6, 6.07) is 4.62. The van der Waals surface area contributed by atoms with Crippen molar-refractivity contribution in [1.82, 2.24) is 0 Å². The van der Waals surface area contributed by atoms with Gasteiger partial charge >= 0.3 is 0 Å². The van der Waals surface area contributed by atoms with Crippen molar-refractivity contribution in [2.24, 2.45) is 5.73 Å². The lowest BCUT2D eigenvalue weighted by Gasteiger charge is -2.06. The fraction of sp³-hybridized carbons (Fsp3) is 0.385.